The van der Waals surface area contributed by atoms with Crippen LogP contribution in [0.3, 0.4) is 0 Å². The highest BCUT2D eigenvalue weighted by Gasteiger charge is 2.03. The highest BCUT2D eigenvalue weighted by molar-refractivity contribution is 7.20. The molecule has 0 saturated carbocycles. The van der Waals surface area contributed by atoms with Gasteiger partial charge >= 0.3 is 0 Å². The second-order valence-electron chi connectivity index (χ2n) is 5.86. The van der Waals surface area contributed by atoms with E-state index in [-0.39, 0.29) is 0 Å². The van der Waals surface area contributed by atoms with Gasteiger partial charge in [0.05, 0.1) is 11.7 Å². The van der Waals surface area contributed by atoms with E-state index in [0.29, 0.717) is 0 Å². The van der Waals surface area contributed by atoms with Crippen molar-refractivity contribution in [3.63, 3.8) is 0 Å². The minimum Gasteiger partial charge on any atom is -0.173 e. The van der Waals surface area contributed by atoms with Crippen LogP contribution in [0.1, 0.15) is 38.2 Å². The summed E-state index contributed by atoms with van der Waals surface area (Å²) in [5.41, 5.74) is 3.49. The van der Waals surface area contributed by atoms with E-state index in [1.807, 2.05) is 46.9 Å². The van der Waals surface area contributed by atoms with Crippen molar-refractivity contribution >= 4 is 45.4 Å². The fourth-order valence-corrected chi connectivity index (χ4v) is 4.86. The van der Waals surface area contributed by atoms with Crippen LogP contribution in [-0.2, 0) is 6.42 Å². The number of benzene rings is 1. The number of rotatable bonds is 6. The molecule has 0 fully saturated rings. The Morgan fingerprint density at radius 3 is 2.32 bits per heavy atom. The van der Waals surface area contributed by atoms with Crippen molar-refractivity contribution in [3.05, 3.63) is 58.8 Å². The largest absolute Gasteiger partial charge is 0.173 e. The minimum absolute atomic E-state index is 0.988. The number of unbranched alkanes of at least 4 members (excludes halogenated alkanes) is 3. The van der Waals surface area contributed by atoms with Gasteiger partial charge in [-0.25, -0.2) is 0 Å². The number of thiophene rings is 2. The summed E-state index contributed by atoms with van der Waals surface area (Å²) in [6.45, 7) is 2.26. The molecule has 0 spiro atoms. The van der Waals surface area contributed by atoms with Gasteiger partial charge in [-0.1, -0.05) is 44.4 Å². The molecule has 0 bridgehead atoms. The molecule has 0 aliphatic heterocycles. The van der Waals surface area contributed by atoms with Crippen LogP contribution < -0.4 is 0 Å². The highest BCUT2D eigenvalue weighted by atomic mass is 32.1. The molecule has 0 atom stereocenters. The summed E-state index contributed by atoms with van der Waals surface area (Å²) < 4.78 is 8.10. The van der Waals surface area contributed by atoms with Crippen LogP contribution in [0.2, 0.25) is 0 Å². The Kier molecular flexibility index (Phi) is 7.15. The SMILES string of the molecule is CCCCCCc1csc(-c2cccs2)c1.c1ccc2nsnc2c1. The van der Waals surface area contributed by atoms with Crippen LogP contribution >= 0.6 is 34.4 Å². The van der Waals surface area contributed by atoms with Crippen LogP contribution in [0.4, 0.5) is 0 Å². The lowest BCUT2D eigenvalue weighted by atomic mass is 10.1. The van der Waals surface area contributed by atoms with Crippen molar-refractivity contribution in [3.8, 4) is 9.75 Å². The molecule has 5 heteroatoms. The van der Waals surface area contributed by atoms with Gasteiger partial charge in [-0.3, -0.25) is 0 Å². The van der Waals surface area contributed by atoms with Gasteiger partial charge in [-0.15, -0.1) is 22.7 Å². The van der Waals surface area contributed by atoms with Crippen LogP contribution in [-0.4, -0.2) is 8.75 Å². The third-order valence-corrected chi connectivity index (χ3v) is 6.50. The average molecular weight is 387 g/mol. The Labute approximate surface area is 161 Å². The van der Waals surface area contributed by atoms with E-state index in [2.05, 4.69) is 44.6 Å². The zero-order chi connectivity index (χ0) is 17.3. The molecule has 0 radical (unpaired) electrons. The molecule has 0 N–H and O–H groups in total. The number of hydrogen-bond acceptors (Lipinski definition) is 5. The second kappa shape index (κ2) is 9.80. The quantitative estimate of drug-likeness (QED) is 0.325. The van der Waals surface area contributed by atoms with Gasteiger partial charge in [0.25, 0.3) is 0 Å². The predicted molar refractivity (Wildman–Crippen MR) is 113 cm³/mol. The summed E-state index contributed by atoms with van der Waals surface area (Å²) in [6.07, 6.45) is 6.67. The molecule has 130 valence electrons. The Morgan fingerprint density at radius 1 is 0.840 bits per heavy atom. The van der Waals surface area contributed by atoms with Crippen molar-refractivity contribution in [1.82, 2.24) is 8.75 Å². The monoisotopic (exact) mass is 386 g/mol. The van der Waals surface area contributed by atoms with E-state index in [0.717, 1.165) is 11.0 Å². The molecule has 3 aromatic heterocycles. The molecule has 25 heavy (non-hydrogen) atoms. The molecule has 1 aromatic carbocycles. The average Bonchev–Trinajstić information content (AvgIpc) is 3.40. The van der Waals surface area contributed by atoms with Gasteiger partial charge in [0.1, 0.15) is 11.0 Å². The maximum absolute atomic E-state index is 4.05. The molecule has 0 unspecified atom stereocenters. The normalized spacial score (nSPS) is 10.6. The van der Waals surface area contributed by atoms with Crippen LogP contribution in [0.25, 0.3) is 20.8 Å². The summed E-state index contributed by atoms with van der Waals surface area (Å²) >= 11 is 4.97. The van der Waals surface area contributed by atoms with Gasteiger partial charge in [-0.05, 0) is 53.4 Å². The summed E-state index contributed by atoms with van der Waals surface area (Å²) in [6, 6.07) is 14.5. The van der Waals surface area contributed by atoms with Gasteiger partial charge in [0.15, 0.2) is 0 Å². The fraction of sp³-hybridized carbons (Fsp3) is 0.300. The van der Waals surface area contributed by atoms with Crippen molar-refractivity contribution < 1.29 is 0 Å². The minimum atomic E-state index is 0.988. The van der Waals surface area contributed by atoms with Crippen molar-refractivity contribution in [2.75, 3.05) is 0 Å². The molecule has 0 aliphatic rings. The number of hydrogen-bond donors (Lipinski definition) is 0. The van der Waals surface area contributed by atoms with E-state index >= 15 is 0 Å². The Morgan fingerprint density at radius 2 is 1.64 bits per heavy atom. The highest BCUT2D eigenvalue weighted by Crippen LogP contribution is 2.31. The third-order valence-electron chi connectivity index (χ3n) is 3.90. The maximum atomic E-state index is 4.05. The summed E-state index contributed by atoms with van der Waals surface area (Å²) in [4.78, 5) is 2.84. The van der Waals surface area contributed by atoms with Gasteiger partial charge in [0, 0.05) is 9.75 Å². The fourth-order valence-electron chi connectivity index (χ4n) is 2.54. The van der Waals surface area contributed by atoms with Gasteiger partial charge < -0.3 is 0 Å². The first kappa shape index (κ1) is 18.2. The lowest BCUT2D eigenvalue weighted by molar-refractivity contribution is 0.667. The Hall–Kier alpha value is -1.56. The molecule has 2 nitrogen and oxygen atoms in total. The first-order chi connectivity index (χ1) is 12.4. The Balaban J connectivity index is 0.000000170. The Bertz CT molecular complexity index is 832. The third kappa shape index (κ3) is 5.46. The standard InChI is InChI=1S/C14H18S2.C6H4N2S/c1-2-3-4-5-7-12-10-14(16-11-12)13-8-6-9-15-13;1-2-4-6-5(3-1)7-9-8-6/h6,8-11H,2-5,7H2,1H3;1-4H. The topological polar surface area (TPSA) is 25.8 Å². The zero-order valence-electron chi connectivity index (χ0n) is 14.4. The molecule has 0 amide bonds. The second-order valence-corrected chi connectivity index (χ2v) is 8.25. The van der Waals surface area contributed by atoms with Crippen LogP contribution in [0, 0.1) is 0 Å². The van der Waals surface area contributed by atoms with E-state index in [1.165, 1.54) is 59.2 Å². The number of aromatic nitrogens is 2. The number of nitrogens with zero attached hydrogens (tertiary/aromatic N) is 2. The lowest BCUT2D eigenvalue weighted by Gasteiger charge is -1.96. The molecule has 0 aliphatic carbocycles. The molecule has 3 heterocycles. The summed E-state index contributed by atoms with van der Waals surface area (Å²) in [7, 11) is 0. The van der Waals surface area contributed by atoms with E-state index < -0.39 is 0 Å². The zero-order valence-corrected chi connectivity index (χ0v) is 16.8. The van der Waals surface area contributed by atoms with E-state index in [9.17, 15) is 0 Å². The molecule has 0 saturated heterocycles. The predicted octanol–water partition coefficient (Wildman–Crippen LogP) is 7.29. The maximum Gasteiger partial charge on any atom is 0.104 e. The van der Waals surface area contributed by atoms with Crippen LogP contribution in [0.5, 0.6) is 0 Å². The van der Waals surface area contributed by atoms with E-state index in [4.69, 9.17) is 0 Å². The van der Waals surface area contributed by atoms with Crippen molar-refractivity contribution in [1.29, 1.82) is 0 Å². The van der Waals surface area contributed by atoms with Crippen molar-refractivity contribution in [2.45, 2.75) is 39.0 Å². The van der Waals surface area contributed by atoms with Crippen molar-refractivity contribution in [2.24, 2.45) is 0 Å². The summed E-state index contributed by atoms with van der Waals surface area (Å²) in [5.74, 6) is 0. The molecular formula is C20H22N2S3. The first-order valence-electron chi connectivity index (χ1n) is 8.65. The smallest absolute Gasteiger partial charge is 0.104 e. The molecular weight excluding hydrogens is 364 g/mol. The van der Waals surface area contributed by atoms with E-state index in [1.54, 1.807) is 0 Å². The van der Waals surface area contributed by atoms with Gasteiger partial charge in [-0.2, -0.15) is 8.75 Å². The number of fused-ring (bicyclic) bond motifs is 1. The first-order valence-corrected chi connectivity index (χ1v) is 11.1. The van der Waals surface area contributed by atoms with Gasteiger partial charge in [0.2, 0.25) is 0 Å². The molecule has 4 aromatic rings. The molecule has 4 rings (SSSR count). The lowest BCUT2D eigenvalue weighted by Crippen LogP contribution is -1.81. The van der Waals surface area contributed by atoms with Crippen LogP contribution in [0.15, 0.2) is 53.2 Å². The number of aryl methyl sites for hydroxylation is 1. The summed E-state index contributed by atoms with van der Waals surface area (Å²) in [5, 5.41) is 4.47.